The number of sulfonamides is 1. The summed E-state index contributed by atoms with van der Waals surface area (Å²) in [5.74, 6) is 0. The molecule has 0 bridgehead atoms. The standard InChI is InChI=1S/C24H25NO2S/c1-18-7-11-20(12-8-18)17-24-23-6-4-3-5-21(23)15-16-25(24)28(26,27)22-13-9-19(2)10-14-22/h3-14,24H,15-17H2,1-2H3. The summed E-state index contributed by atoms with van der Waals surface area (Å²) in [5, 5.41) is 0. The average molecular weight is 392 g/mol. The van der Waals surface area contributed by atoms with Crippen LogP contribution >= 0.6 is 0 Å². The molecule has 1 heterocycles. The van der Waals surface area contributed by atoms with E-state index in [0.717, 1.165) is 23.1 Å². The Labute approximate surface area is 167 Å². The van der Waals surface area contributed by atoms with E-state index >= 15 is 0 Å². The van der Waals surface area contributed by atoms with Crippen molar-refractivity contribution < 1.29 is 8.42 Å². The highest BCUT2D eigenvalue weighted by molar-refractivity contribution is 7.89. The lowest BCUT2D eigenvalue weighted by molar-refractivity contribution is 0.306. The Balaban J connectivity index is 1.76. The summed E-state index contributed by atoms with van der Waals surface area (Å²) in [7, 11) is -3.57. The van der Waals surface area contributed by atoms with Gasteiger partial charge in [0.1, 0.15) is 0 Å². The van der Waals surface area contributed by atoms with Crippen molar-refractivity contribution in [2.45, 2.75) is 37.6 Å². The fraction of sp³-hybridized carbons (Fsp3) is 0.250. The summed E-state index contributed by atoms with van der Waals surface area (Å²) in [6.07, 6.45) is 1.41. The summed E-state index contributed by atoms with van der Waals surface area (Å²) < 4.78 is 28.7. The van der Waals surface area contributed by atoms with E-state index in [1.807, 2.05) is 31.2 Å². The van der Waals surface area contributed by atoms with Crippen LogP contribution in [-0.2, 0) is 22.9 Å². The van der Waals surface area contributed by atoms with Crippen molar-refractivity contribution in [3.63, 3.8) is 0 Å². The summed E-state index contributed by atoms with van der Waals surface area (Å²) >= 11 is 0. The molecule has 1 aliphatic heterocycles. The van der Waals surface area contributed by atoms with Gasteiger partial charge in [0.25, 0.3) is 0 Å². The Morgan fingerprint density at radius 1 is 0.857 bits per heavy atom. The fourth-order valence-electron chi connectivity index (χ4n) is 3.92. The van der Waals surface area contributed by atoms with Gasteiger partial charge in [-0.15, -0.1) is 0 Å². The Morgan fingerprint density at radius 3 is 2.14 bits per heavy atom. The Morgan fingerprint density at radius 2 is 1.46 bits per heavy atom. The van der Waals surface area contributed by atoms with Gasteiger partial charge < -0.3 is 0 Å². The molecule has 1 atom stereocenters. The maximum absolute atomic E-state index is 13.5. The Kier molecular flexibility index (Phi) is 5.09. The smallest absolute Gasteiger partial charge is 0.207 e. The number of fused-ring (bicyclic) bond motifs is 1. The number of hydrogen-bond acceptors (Lipinski definition) is 2. The Hall–Kier alpha value is -2.43. The first-order valence-corrected chi connectivity index (χ1v) is 11.1. The molecule has 0 amide bonds. The van der Waals surface area contributed by atoms with E-state index in [1.165, 1.54) is 11.1 Å². The molecule has 1 unspecified atom stereocenters. The third kappa shape index (κ3) is 3.62. The molecule has 0 spiro atoms. The minimum atomic E-state index is -3.57. The zero-order valence-electron chi connectivity index (χ0n) is 16.3. The molecule has 0 radical (unpaired) electrons. The molecule has 0 N–H and O–H groups in total. The van der Waals surface area contributed by atoms with Crippen LogP contribution in [0, 0.1) is 13.8 Å². The van der Waals surface area contributed by atoms with Gasteiger partial charge in [0.05, 0.1) is 10.9 Å². The lowest BCUT2D eigenvalue weighted by atomic mass is 9.90. The molecule has 4 heteroatoms. The molecule has 28 heavy (non-hydrogen) atoms. The van der Waals surface area contributed by atoms with Crippen molar-refractivity contribution in [1.29, 1.82) is 0 Å². The second-order valence-corrected chi connectivity index (χ2v) is 9.47. The molecule has 0 fully saturated rings. The van der Waals surface area contributed by atoms with Crippen molar-refractivity contribution in [2.24, 2.45) is 0 Å². The molecule has 3 nitrogen and oxygen atoms in total. The van der Waals surface area contributed by atoms with Crippen LogP contribution in [0.15, 0.2) is 77.7 Å². The van der Waals surface area contributed by atoms with Gasteiger partial charge in [-0.25, -0.2) is 8.42 Å². The largest absolute Gasteiger partial charge is 0.243 e. The van der Waals surface area contributed by atoms with Gasteiger partial charge in [-0.3, -0.25) is 0 Å². The van der Waals surface area contributed by atoms with Crippen molar-refractivity contribution in [2.75, 3.05) is 6.54 Å². The van der Waals surface area contributed by atoms with Gasteiger partial charge >= 0.3 is 0 Å². The lowest BCUT2D eigenvalue weighted by Crippen LogP contribution is -2.41. The minimum absolute atomic E-state index is 0.195. The highest BCUT2D eigenvalue weighted by Crippen LogP contribution is 2.36. The van der Waals surface area contributed by atoms with Crippen molar-refractivity contribution in [1.82, 2.24) is 4.31 Å². The number of rotatable bonds is 4. The average Bonchev–Trinajstić information content (AvgIpc) is 2.70. The number of benzene rings is 3. The zero-order valence-corrected chi connectivity index (χ0v) is 17.1. The van der Waals surface area contributed by atoms with E-state index in [9.17, 15) is 8.42 Å². The number of aryl methyl sites for hydroxylation is 2. The van der Waals surface area contributed by atoms with Gasteiger partial charge in [-0.05, 0) is 55.5 Å². The molecule has 144 valence electrons. The van der Waals surface area contributed by atoms with Crippen LogP contribution in [0.5, 0.6) is 0 Å². The molecular weight excluding hydrogens is 366 g/mol. The van der Waals surface area contributed by atoms with E-state index in [0.29, 0.717) is 17.9 Å². The third-order valence-corrected chi connectivity index (χ3v) is 7.46. The van der Waals surface area contributed by atoms with Gasteiger partial charge in [0, 0.05) is 6.54 Å². The topological polar surface area (TPSA) is 37.4 Å². The van der Waals surface area contributed by atoms with Crippen molar-refractivity contribution >= 4 is 10.0 Å². The highest BCUT2D eigenvalue weighted by atomic mass is 32.2. The first-order chi connectivity index (χ1) is 13.4. The zero-order chi connectivity index (χ0) is 19.7. The SMILES string of the molecule is Cc1ccc(CC2c3ccccc3CCN2S(=O)(=O)c2ccc(C)cc2)cc1. The maximum Gasteiger partial charge on any atom is 0.243 e. The third-order valence-electron chi connectivity index (χ3n) is 5.54. The lowest BCUT2D eigenvalue weighted by Gasteiger charge is -2.36. The molecule has 0 saturated heterocycles. The van der Waals surface area contributed by atoms with E-state index in [-0.39, 0.29) is 6.04 Å². The van der Waals surface area contributed by atoms with Crippen molar-refractivity contribution in [3.05, 3.63) is 101 Å². The van der Waals surface area contributed by atoms with E-state index in [2.05, 4.69) is 43.3 Å². The van der Waals surface area contributed by atoms with Crippen LogP contribution in [0.25, 0.3) is 0 Å². The quantitative estimate of drug-likeness (QED) is 0.638. The molecule has 0 aromatic heterocycles. The van der Waals surface area contributed by atoms with Crippen LogP contribution in [-0.4, -0.2) is 19.3 Å². The second-order valence-electron chi connectivity index (χ2n) is 7.58. The van der Waals surface area contributed by atoms with Gasteiger partial charge in [0.2, 0.25) is 10.0 Å². The first-order valence-electron chi connectivity index (χ1n) is 9.67. The highest BCUT2D eigenvalue weighted by Gasteiger charge is 2.36. The minimum Gasteiger partial charge on any atom is -0.207 e. The van der Waals surface area contributed by atoms with Crippen LogP contribution in [0.2, 0.25) is 0 Å². The van der Waals surface area contributed by atoms with Crippen LogP contribution in [0.4, 0.5) is 0 Å². The molecule has 4 rings (SSSR count). The molecule has 1 aliphatic rings. The normalized spacial score (nSPS) is 17.3. The molecule has 3 aromatic carbocycles. The van der Waals surface area contributed by atoms with E-state index < -0.39 is 10.0 Å². The van der Waals surface area contributed by atoms with E-state index in [4.69, 9.17) is 0 Å². The number of nitrogens with zero attached hydrogens (tertiary/aromatic N) is 1. The maximum atomic E-state index is 13.5. The summed E-state index contributed by atoms with van der Waals surface area (Å²) in [5.41, 5.74) is 5.77. The van der Waals surface area contributed by atoms with Crippen LogP contribution in [0.3, 0.4) is 0 Å². The van der Waals surface area contributed by atoms with E-state index in [1.54, 1.807) is 16.4 Å². The monoisotopic (exact) mass is 391 g/mol. The fourth-order valence-corrected chi connectivity index (χ4v) is 5.53. The summed E-state index contributed by atoms with van der Waals surface area (Å²) in [4.78, 5) is 0.367. The van der Waals surface area contributed by atoms with Crippen LogP contribution in [0.1, 0.15) is 33.9 Å². The summed E-state index contributed by atoms with van der Waals surface area (Å²) in [6.45, 7) is 4.53. The predicted molar refractivity (Wildman–Crippen MR) is 113 cm³/mol. The molecule has 0 saturated carbocycles. The van der Waals surface area contributed by atoms with Gasteiger partial charge in [-0.1, -0.05) is 71.8 Å². The summed E-state index contributed by atoms with van der Waals surface area (Å²) in [6, 6.07) is 23.6. The predicted octanol–water partition coefficient (Wildman–Crippen LogP) is 4.83. The second kappa shape index (κ2) is 7.53. The first kappa shape index (κ1) is 18.9. The molecule has 3 aromatic rings. The van der Waals surface area contributed by atoms with Gasteiger partial charge in [-0.2, -0.15) is 4.31 Å². The van der Waals surface area contributed by atoms with Gasteiger partial charge in [0.15, 0.2) is 0 Å². The van der Waals surface area contributed by atoms with Crippen LogP contribution < -0.4 is 0 Å². The molecular formula is C24H25NO2S. The van der Waals surface area contributed by atoms with Crippen molar-refractivity contribution in [3.8, 4) is 0 Å². The number of hydrogen-bond donors (Lipinski definition) is 0. The molecule has 0 aliphatic carbocycles. The Bertz CT molecular complexity index is 1070.